The topological polar surface area (TPSA) is 42.7 Å². The smallest absolute Gasteiger partial charge is 0.164 e. The molecule has 1 heterocycles. The first kappa shape index (κ1) is 13.5. The Hall–Kier alpha value is -2.46. The third-order valence-electron chi connectivity index (χ3n) is 3.38. The first-order chi connectivity index (χ1) is 10.3. The van der Waals surface area contributed by atoms with Crippen molar-refractivity contribution in [3.8, 4) is 0 Å². The zero-order valence-electron chi connectivity index (χ0n) is 12.0. The Morgan fingerprint density at radius 2 is 1.52 bits per heavy atom. The molecule has 1 N–H and O–H groups in total. The summed E-state index contributed by atoms with van der Waals surface area (Å²) in [6.45, 7) is 0.634. The predicted molar refractivity (Wildman–Crippen MR) is 82.6 cm³/mol. The van der Waals surface area contributed by atoms with E-state index in [1.807, 2.05) is 19.2 Å². The van der Waals surface area contributed by atoms with Crippen molar-refractivity contribution in [2.24, 2.45) is 7.05 Å². The number of benzene rings is 2. The van der Waals surface area contributed by atoms with Gasteiger partial charge in [0.15, 0.2) is 5.82 Å². The summed E-state index contributed by atoms with van der Waals surface area (Å²) < 4.78 is 1.72. The minimum Gasteiger partial charge on any atom is -0.299 e. The van der Waals surface area contributed by atoms with Crippen LogP contribution >= 0.6 is 0 Å². The van der Waals surface area contributed by atoms with E-state index in [2.05, 4.69) is 63.9 Å². The number of nitrogens with zero attached hydrogens (tertiary/aromatic N) is 3. The molecule has 0 radical (unpaired) electrons. The Kier molecular flexibility index (Phi) is 4.07. The second kappa shape index (κ2) is 6.33. The number of hydrogen-bond acceptors (Lipinski definition) is 3. The molecule has 0 aliphatic carbocycles. The lowest BCUT2D eigenvalue weighted by atomic mass is 9.99. The van der Waals surface area contributed by atoms with Crippen molar-refractivity contribution in [1.29, 1.82) is 0 Å². The molecule has 0 aliphatic heterocycles. The van der Waals surface area contributed by atoms with Gasteiger partial charge in [-0.1, -0.05) is 60.7 Å². The van der Waals surface area contributed by atoms with Gasteiger partial charge in [-0.15, -0.1) is 0 Å². The van der Waals surface area contributed by atoms with Gasteiger partial charge < -0.3 is 0 Å². The van der Waals surface area contributed by atoms with Crippen LogP contribution in [0.5, 0.6) is 0 Å². The molecule has 0 saturated heterocycles. The Bertz CT molecular complexity index is 637. The molecule has 0 unspecified atom stereocenters. The van der Waals surface area contributed by atoms with Gasteiger partial charge in [-0.2, -0.15) is 5.10 Å². The average Bonchev–Trinajstić information content (AvgIpc) is 2.95. The van der Waals surface area contributed by atoms with E-state index in [9.17, 15) is 0 Å². The number of rotatable bonds is 5. The highest BCUT2D eigenvalue weighted by Crippen LogP contribution is 2.21. The molecular weight excluding hydrogens is 260 g/mol. The molecule has 0 spiro atoms. The Balaban J connectivity index is 1.83. The third kappa shape index (κ3) is 3.35. The maximum absolute atomic E-state index is 4.31. The van der Waals surface area contributed by atoms with Gasteiger partial charge in [0.05, 0.1) is 12.6 Å². The molecular formula is C17H18N4. The monoisotopic (exact) mass is 278 g/mol. The van der Waals surface area contributed by atoms with Crippen LogP contribution in [0.3, 0.4) is 0 Å². The average molecular weight is 278 g/mol. The van der Waals surface area contributed by atoms with Gasteiger partial charge in [-0.3, -0.25) is 10.00 Å². The Labute approximate surface area is 124 Å². The van der Waals surface area contributed by atoms with Crippen molar-refractivity contribution in [3.63, 3.8) is 0 Å². The summed E-state index contributed by atoms with van der Waals surface area (Å²) in [5.74, 6) is 0.800. The molecule has 4 heteroatoms. The van der Waals surface area contributed by atoms with Crippen molar-refractivity contribution in [2.45, 2.75) is 12.6 Å². The summed E-state index contributed by atoms with van der Waals surface area (Å²) in [5, 5.41) is 7.86. The van der Waals surface area contributed by atoms with E-state index < -0.39 is 0 Å². The fourth-order valence-electron chi connectivity index (χ4n) is 2.38. The fourth-order valence-corrected chi connectivity index (χ4v) is 2.38. The van der Waals surface area contributed by atoms with Crippen molar-refractivity contribution >= 4 is 0 Å². The van der Waals surface area contributed by atoms with Gasteiger partial charge in [0.25, 0.3) is 0 Å². The van der Waals surface area contributed by atoms with E-state index in [1.54, 1.807) is 11.0 Å². The summed E-state index contributed by atoms with van der Waals surface area (Å²) >= 11 is 0. The number of nitrogens with one attached hydrogen (secondary N) is 1. The molecule has 4 nitrogen and oxygen atoms in total. The normalized spacial score (nSPS) is 11.0. The summed E-state index contributed by atoms with van der Waals surface area (Å²) in [6.07, 6.45) is 1.72. The highest BCUT2D eigenvalue weighted by atomic mass is 15.3. The maximum atomic E-state index is 4.31. The first-order valence-electron chi connectivity index (χ1n) is 7.01. The molecule has 0 amide bonds. The predicted octanol–water partition coefficient (Wildman–Crippen LogP) is 2.69. The second-order valence-electron chi connectivity index (χ2n) is 4.97. The highest BCUT2D eigenvalue weighted by molar-refractivity contribution is 5.31. The van der Waals surface area contributed by atoms with Crippen LogP contribution in [0.4, 0.5) is 0 Å². The molecule has 0 aliphatic rings. The van der Waals surface area contributed by atoms with E-state index in [-0.39, 0.29) is 6.04 Å². The van der Waals surface area contributed by atoms with Crippen LogP contribution in [0, 0.1) is 0 Å². The zero-order chi connectivity index (χ0) is 14.5. The molecule has 3 rings (SSSR count). The third-order valence-corrected chi connectivity index (χ3v) is 3.38. The standard InChI is InChI=1S/C17H18N4/c1-21-13-19-16(20-21)12-18-17(14-8-4-2-5-9-14)15-10-6-3-7-11-15/h2-11,13,17-18H,12H2,1H3. The van der Waals surface area contributed by atoms with Crippen LogP contribution in [-0.4, -0.2) is 14.8 Å². The first-order valence-corrected chi connectivity index (χ1v) is 7.01. The van der Waals surface area contributed by atoms with E-state index >= 15 is 0 Å². The molecule has 106 valence electrons. The Morgan fingerprint density at radius 3 is 2.00 bits per heavy atom. The van der Waals surface area contributed by atoms with E-state index in [4.69, 9.17) is 0 Å². The molecule has 0 atom stereocenters. The van der Waals surface area contributed by atoms with Gasteiger partial charge in [-0.05, 0) is 11.1 Å². The molecule has 0 bridgehead atoms. The lowest BCUT2D eigenvalue weighted by Gasteiger charge is -2.19. The second-order valence-corrected chi connectivity index (χ2v) is 4.97. The van der Waals surface area contributed by atoms with Crippen LogP contribution in [0.15, 0.2) is 67.0 Å². The van der Waals surface area contributed by atoms with Crippen LogP contribution in [0.1, 0.15) is 23.0 Å². The van der Waals surface area contributed by atoms with E-state index in [0.29, 0.717) is 6.54 Å². The molecule has 3 aromatic rings. The highest BCUT2D eigenvalue weighted by Gasteiger charge is 2.13. The van der Waals surface area contributed by atoms with Crippen LogP contribution < -0.4 is 5.32 Å². The molecule has 0 fully saturated rings. The van der Waals surface area contributed by atoms with Crippen molar-refractivity contribution in [2.75, 3.05) is 0 Å². The van der Waals surface area contributed by atoms with Crippen molar-refractivity contribution < 1.29 is 0 Å². The molecule has 21 heavy (non-hydrogen) atoms. The summed E-state index contributed by atoms with van der Waals surface area (Å²) in [4.78, 5) is 4.26. The quantitative estimate of drug-likeness (QED) is 0.780. The Morgan fingerprint density at radius 1 is 0.952 bits per heavy atom. The van der Waals surface area contributed by atoms with Gasteiger partial charge in [0.2, 0.25) is 0 Å². The van der Waals surface area contributed by atoms with E-state index in [1.165, 1.54) is 11.1 Å². The zero-order valence-corrected chi connectivity index (χ0v) is 12.0. The minimum absolute atomic E-state index is 0.135. The van der Waals surface area contributed by atoms with Crippen LogP contribution in [0.2, 0.25) is 0 Å². The minimum atomic E-state index is 0.135. The van der Waals surface area contributed by atoms with Crippen LogP contribution in [-0.2, 0) is 13.6 Å². The maximum Gasteiger partial charge on any atom is 0.164 e. The molecule has 2 aromatic carbocycles. The van der Waals surface area contributed by atoms with Crippen LogP contribution in [0.25, 0.3) is 0 Å². The molecule has 1 aromatic heterocycles. The van der Waals surface area contributed by atoms with Crippen molar-refractivity contribution in [1.82, 2.24) is 20.1 Å². The number of hydrogen-bond donors (Lipinski definition) is 1. The van der Waals surface area contributed by atoms with E-state index in [0.717, 1.165) is 5.82 Å². The lowest BCUT2D eigenvalue weighted by Crippen LogP contribution is -2.22. The summed E-state index contributed by atoms with van der Waals surface area (Å²) in [5.41, 5.74) is 2.47. The molecule has 0 saturated carbocycles. The van der Waals surface area contributed by atoms with Gasteiger partial charge in [0.1, 0.15) is 6.33 Å². The SMILES string of the molecule is Cn1cnc(CNC(c2ccccc2)c2ccccc2)n1. The largest absolute Gasteiger partial charge is 0.299 e. The van der Waals surface area contributed by atoms with Gasteiger partial charge in [0, 0.05) is 7.05 Å². The lowest BCUT2D eigenvalue weighted by molar-refractivity contribution is 0.582. The fraction of sp³-hybridized carbons (Fsp3) is 0.176. The van der Waals surface area contributed by atoms with Crippen molar-refractivity contribution in [3.05, 3.63) is 83.9 Å². The number of aromatic nitrogens is 3. The summed E-state index contributed by atoms with van der Waals surface area (Å²) in [7, 11) is 1.88. The van der Waals surface area contributed by atoms with Gasteiger partial charge in [-0.25, -0.2) is 4.98 Å². The van der Waals surface area contributed by atoms with Gasteiger partial charge >= 0.3 is 0 Å². The number of aryl methyl sites for hydroxylation is 1. The summed E-state index contributed by atoms with van der Waals surface area (Å²) in [6, 6.07) is 21.0.